The number of benzene rings is 1. The van der Waals surface area contributed by atoms with Gasteiger partial charge in [-0.2, -0.15) is 0 Å². The molecule has 1 saturated heterocycles. The van der Waals surface area contributed by atoms with E-state index in [1.54, 1.807) is 26.9 Å². The molecule has 0 spiro atoms. The van der Waals surface area contributed by atoms with Crippen LogP contribution in [0.1, 0.15) is 28.8 Å². The summed E-state index contributed by atoms with van der Waals surface area (Å²) in [6.07, 6.45) is -0.00197. The second-order valence-electron chi connectivity index (χ2n) is 8.04. The number of likely N-dealkylation sites (tertiary alicyclic amines) is 1. The topological polar surface area (TPSA) is 88.8 Å². The largest absolute Gasteiger partial charge is 0.506 e. The summed E-state index contributed by atoms with van der Waals surface area (Å²) in [6, 6.07) is 13.2. The van der Waals surface area contributed by atoms with E-state index < -0.39 is 12.3 Å². The molecule has 32 heavy (non-hydrogen) atoms. The lowest BCUT2D eigenvalue weighted by atomic mass is 9.97. The van der Waals surface area contributed by atoms with Crippen LogP contribution in [0.3, 0.4) is 0 Å². The highest BCUT2D eigenvalue weighted by molar-refractivity contribution is 7.13. The SMILES string of the molecule is O=C(O)OC1CCN(C(=O)c2cc(-c3ccccc3)c(=O)n3c2-c2sccc2CC3)CC1. The second kappa shape index (κ2) is 8.27. The van der Waals surface area contributed by atoms with Gasteiger partial charge >= 0.3 is 6.16 Å². The molecule has 164 valence electrons. The van der Waals surface area contributed by atoms with Crippen molar-refractivity contribution >= 4 is 23.4 Å². The third-order valence-electron chi connectivity index (χ3n) is 6.17. The first-order valence-electron chi connectivity index (χ1n) is 10.6. The van der Waals surface area contributed by atoms with Gasteiger partial charge in [-0.25, -0.2) is 4.79 Å². The van der Waals surface area contributed by atoms with Crippen LogP contribution in [0.2, 0.25) is 0 Å². The van der Waals surface area contributed by atoms with Crippen LogP contribution in [0.5, 0.6) is 0 Å². The molecule has 2 aliphatic heterocycles. The third kappa shape index (κ3) is 3.60. The van der Waals surface area contributed by atoms with Gasteiger partial charge in [0.25, 0.3) is 11.5 Å². The van der Waals surface area contributed by atoms with Crippen molar-refractivity contribution in [3.8, 4) is 21.7 Å². The summed E-state index contributed by atoms with van der Waals surface area (Å²) < 4.78 is 6.62. The molecule has 7 nitrogen and oxygen atoms in total. The molecular formula is C24H22N2O5S. The van der Waals surface area contributed by atoms with Gasteiger partial charge in [-0.05, 0) is 35.1 Å². The lowest BCUT2D eigenvalue weighted by Crippen LogP contribution is -2.42. The fourth-order valence-electron chi connectivity index (χ4n) is 4.57. The van der Waals surface area contributed by atoms with Crippen molar-refractivity contribution in [3.05, 3.63) is 69.3 Å². The van der Waals surface area contributed by atoms with E-state index >= 15 is 0 Å². The van der Waals surface area contributed by atoms with Crippen molar-refractivity contribution in [2.75, 3.05) is 13.1 Å². The van der Waals surface area contributed by atoms with Gasteiger partial charge in [-0.3, -0.25) is 9.59 Å². The predicted octanol–water partition coefficient (Wildman–Crippen LogP) is 4.10. The highest BCUT2D eigenvalue weighted by Gasteiger charge is 2.31. The van der Waals surface area contributed by atoms with Crippen molar-refractivity contribution < 1.29 is 19.4 Å². The molecule has 5 rings (SSSR count). The minimum absolute atomic E-state index is 0.0876. The number of aryl methyl sites for hydroxylation is 1. The fraction of sp³-hybridized carbons (Fsp3) is 0.292. The third-order valence-corrected chi connectivity index (χ3v) is 7.13. The van der Waals surface area contributed by atoms with Crippen LogP contribution in [0.15, 0.2) is 52.6 Å². The van der Waals surface area contributed by atoms with E-state index in [1.165, 1.54) is 0 Å². The van der Waals surface area contributed by atoms with Crippen LogP contribution in [-0.4, -0.2) is 45.8 Å². The first-order chi connectivity index (χ1) is 15.5. The van der Waals surface area contributed by atoms with Crippen molar-refractivity contribution in [2.45, 2.75) is 31.9 Å². The van der Waals surface area contributed by atoms with Gasteiger partial charge in [-0.1, -0.05) is 30.3 Å². The Hall–Kier alpha value is -3.39. The standard InChI is InChI=1S/C24H22N2O5S/c27-22(25-10-7-17(8-11-25)31-24(29)30)19-14-18(15-4-2-1-3-5-15)23(28)26-12-6-16-9-13-32-21(16)20(19)26/h1-5,9,13-14,17H,6-8,10-12H2,(H,29,30). The van der Waals surface area contributed by atoms with E-state index in [4.69, 9.17) is 9.84 Å². The summed E-state index contributed by atoms with van der Waals surface area (Å²) in [7, 11) is 0. The van der Waals surface area contributed by atoms with Crippen LogP contribution in [0.25, 0.3) is 21.7 Å². The molecule has 3 aromatic rings. The molecule has 0 aliphatic carbocycles. The molecule has 2 aliphatic rings. The second-order valence-corrected chi connectivity index (χ2v) is 8.96. The molecule has 2 aromatic heterocycles. The highest BCUT2D eigenvalue weighted by atomic mass is 32.1. The fourth-order valence-corrected chi connectivity index (χ4v) is 5.60. The Morgan fingerprint density at radius 2 is 1.81 bits per heavy atom. The lowest BCUT2D eigenvalue weighted by Gasteiger charge is -2.32. The molecule has 0 atom stereocenters. The molecular weight excluding hydrogens is 428 g/mol. The van der Waals surface area contributed by atoms with E-state index in [-0.39, 0.29) is 11.5 Å². The zero-order chi connectivity index (χ0) is 22.2. The smallest absolute Gasteiger partial charge is 0.450 e. The average Bonchev–Trinajstić information content (AvgIpc) is 3.29. The summed E-state index contributed by atoms with van der Waals surface area (Å²) in [5.74, 6) is -0.138. The minimum Gasteiger partial charge on any atom is -0.450 e. The van der Waals surface area contributed by atoms with E-state index in [2.05, 4.69) is 6.07 Å². The van der Waals surface area contributed by atoms with Gasteiger partial charge in [0, 0.05) is 38.0 Å². The molecule has 1 N–H and O–H groups in total. The van der Waals surface area contributed by atoms with Gasteiger partial charge in [-0.15, -0.1) is 11.3 Å². The first-order valence-corrected chi connectivity index (χ1v) is 11.5. The summed E-state index contributed by atoms with van der Waals surface area (Å²) in [5, 5.41) is 10.9. The number of aromatic nitrogens is 1. The number of ether oxygens (including phenoxy) is 1. The molecule has 0 radical (unpaired) electrons. The number of hydrogen-bond acceptors (Lipinski definition) is 5. The normalized spacial score (nSPS) is 15.7. The Balaban J connectivity index is 1.58. The van der Waals surface area contributed by atoms with Crippen molar-refractivity contribution in [3.63, 3.8) is 0 Å². The molecule has 1 fully saturated rings. The van der Waals surface area contributed by atoms with E-state index in [1.807, 2.05) is 35.7 Å². The molecule has 0 saturated carbocycles. The molecule has 0 unspecified atom stereocenters. The number of rotatable bonds is 3. The molecule has 1 amide bonds. The monoisotopic (exact) mass is 450 g/mol. The van der Waals surface area contributed by atoms with Crippen LogP contribution < -0.4 is 5.56 Å². The number of fused-ring (bicyclic) bond motifs is 3. The molecule has 0 bridgehead atoms. The van der Waals surface area contributed by atoms with Gasteiger partial charge in [0.1, 0.15) is 6.10 Å². The van der Waals surface area contributed by atoms with E-state index in [0.29, 0.717) is 49.3 Å². The van der Waals surface area contributed by atoms with Crippen LogP contribution in [0, 0.1) is 0 Å². The average molecular weight is 451 g/mol. The maximum absolute atomic E-state index is 13.7. The lowest BCUT2D eigenvalue weighted by molar-refractivity contribution is 0.0199. The summed E-state index contributed by atoms with van der Waals surface area (Å²) in [4.78, 5) is 40.6. The van der Waals surface area contributed by atoms with Gasteiger partial charge < -0.3 is 19.3 Å². The summed E-state index contributed by atoms with van der Waals surface area (Å²) >= 11 is 1.55. The predicted molar refractivity (Wildman–Crippen MR) is 121 cm³/mol. The number of carboxylic acid groups (broad SMARTS) is 1. The number of nitrogens with zero attached hydrogens (tertiary/aromatic N) is 2. The molecule has 4 heterocycles. The van der Waals surface area contributed by atoms with Crippen molar-refractivity contribution in [1.29, 1.82) is 0 Å². The number of amides is 1. The van der Waals surface area contributed by atoms with Crippen LogP contribution >= 0.6 is 11.3 Å². The van der Waals surface area contributed by atoms with E-state index in [0.717, 1.165) is 22.4 Å². The highest BCUT2D eigenvalue weighted by Crippen LogP contribution is 2.37. The van der Waals surface area contributed by atoms with Crippen LogP contribution in [0.4, 0.5) is 4.79 Å². The summed E-state index contributed by atoms with van der Waals surface area (Å²) in [5.41, 5.74) is 3.58. The Bertz CT molecular complexity index is 1240. The zero-order valence-corrected chi connectivity index (χ0v) is 18.1. The van der Waals surface area contributed by atoms with Gasteiger partial charge in [0.15, 0.2) is 0 Å². The molecule has 1 aromatic carbocycles. The first kappa shape index (κ1) is 20.5. The number of piperidine rings is 1. The number of hydrogen-bond donors (Lipinski definition) is 1. The van der Waals surface area contributed by atoms with E-state index in [9.17, 15) is 14.4 Å². The Labute approximate surface area is 188 Å². The Morgan fingerprint density at radius 3 is 2.53 bits per heavy atom. The van der Waals surface area contributed by atoms with Gasteiger partial charge in [0.05, 0.1) is 16.1 Å². The summed E-state index contributed by atoms with van der Waals surface area (Å²) in [6.45, 7) is 1.36. The molecule has 8 heteroatoms. The van der Waals surface area contributed by atoms with Crippen molar-refractivity contribution in [2.24, 2.45) is 0 Å². The van der Waals surface area contributed by atoms with Gasteiger partial charge in [0.2, 0.25) is 0 Å². The van der Waals surface area contributed by atoms with Crippen LogP contribution in [-0.2, 0) is 17.7 Å². The number of carbonyl (C=O) groups excluding carboxylic acids is 1. The number of pyridine rings is 1. The van der Waals surface area contributed by atoms with Crippen molar-refractivity contribution in [1.82, 2.24) is 9.47 Å². The zero-order valence-electron chi connectivity index (χ0n) is 17.3. The number of carbonyl (C=O) groups is 2. The Kier molecular flexibility index (Phi) is 5.30. The quantitative estimate of drug-likeness (QED) is 0.607. The maximum Gasteiger partial charge on any atom is 0.506 e. The minimum atomic E-state index is -1.29. The Morgan fingerprint density at radius 1 is 1.06 bits per heavy atom. The maximum atomic E-state index is 13.7. The number of thiophene rings is 1.